The minimum Gasteiger partial charge on any atom is -0.394 e. The summed E-state index contributed by atoms with van der Waals surface area (Å²) in [5.41, 5.74) is 1.56. The zero-order chi connectivity index (χ0) is 18.1. The number of rotatable bonds is 7. The predicted octanol–water partition coefficient (Wildman–Crippen LogP) is 1.63. The average molecular weight is 342 g/mol. The minimum absolute atomic E-state index is 0.172. The van der Waals surface area contributed by atoms with Crippen molar-refractivity contribution in [2.45, 2.75) is 12.6 Å². The van der Waals surface area contributed by atoms with Crippen LogP contribution in [0.5, 0.6) is 0 Å². The van der Waals surface area contributed by atoms with Crippen molar-refractivity contribution in [2.75, 3.05) is 6.61 Å². The van der Waals surface area contributed by atoms with E-state index in [1.807, 2.05) is 30.3 Å². The number of aliphatic hydroxyl groups excluding tert-OH is 1. The summed E-state index contributed by atoms with van der Waals surface area (Å²) in [4.78, 5) is 23.9. The van der Waals surface area contributed by atoms with Gasteiger partial charge >= 0.3 is 0 Å². The molecule has 1 atom stereocenters. The molecule has 0 aromatic heterocycles. The Morgan fingerprint density at radius 1 is 1.08 bits per heavy atom. The van der Waals surface area contributed by atoms with Crippen LogP contribution in [0.15, 0.2) is 60.7 Å². The first-order chi connectivity index (χ1) is 12.1. The van der Waals surface area contributed by atoms with Crippen LogP contribution in [0.2, 0.25) is 0 Å². The van der Waals surface area contributed by atoms with Crippen LogP contribution in [0.1, 0.15) is 11.1 Å². The summed E-state index contributed by atoms with van der Waals surface area (Å²) in [5.74, 6) is -1.37. The molecule has 1 unspecified atom stereocenters. The van der Waals surface area contributed by atoms with Crippen LogP contribution in [0, 0.1) is 5.82 Å². The maximum Gasteiger partial charge on any atom is 0.245 e. The van der Waals surface area contributed by atoms with E-state index in [9.17, 15) is 19.1 Å². The smallest absolute Gasteiger partial charge is 0.245 e. The minimum atomic E-state index is -1.06. The third-order valence-electron chi connectivity index (χ3n) is 3.42. The van der Waals surface area contributed by atoms with Gasteiger partial charge in [0.2, 0.25) is 11.8 Å². The van der Waals surface area contributed by atoms with E-state index >= 15 is 0 Å². The van der Waals surface area contributed by atoms with Crippen LogP contribution >= 0.6 is 0 Å². The second kappa shape index (κ2) is 9.34. The monoisotopic (exact) mass is 342 g/mol. The van der Waals surface area contributed by atoms with Crippen molar-refractivity contribution in [2.24, 2.45) is 0 Å². The fourth-order valence-corrected chi connectivity index (χ4v) is 2.06. The maximum atomic E-state index is 12.8. The summed E-state index contributed by atoms with van der Waals surface area (Å²) >= 11 is 0. The summed E-state index contributed by atoms with van der Waals surface area (Å²) in [6, 6.07) is 13.8. The maximum absolute atomic E-state index is 12.8. The molecule has 5 nitrogen and oxygen atoms in total. The molecule has 3 N–H and O–H groups in total. The van der Waals surface area contributed by atoms with Crippen molar-refractivity contribution in [1.82, 2.24) is 10.6 Å². The highest BCUT2D eigenvalue weighted by molar-refractivity contribution is 5.95. The molecule has 0 radical (unpaired) electrons. The highest BCUT2D eigenvalue weighted by atomic mass is 19.1. The normalized spacial score (nSPS) is 11.9. The standard InChI is InChI=1S/C19H19FN2O3/c20-16-9-6-15(7-10-16)12-21-19(25)17(13-23)22-18(24)11-8-14-4-2-1-3-5-14/h1-11,17,23H,12-13H2,(H,21,25)(H,22,24). The Morgan fingerprint density at radius 3 is 2.40 bits per heavy atom. The van der Waals surface area contributed by atoms with Crippen molar-refractivity contribution < 1.29 is 19.1 Å². The SMILES string of the molecule is O=C(C=Cc1ccccc1)NC(CO)C(=O)NCc1ccc(F)cc1. The molecule has 0 fully saturated rings. The van der Waals surface area contributed by atoms with Crippen LogP contribution < -0.4 is 10.6 Å². The summed E-state index contributed by atoms with van der Waals surface area (Å²) in [6.45, 7) is -0.356. The predicted molar refractivity (Wildman–Crippen MR) is 92.7 cm³/mol. The Labute approximate surface area is 145 Å². The van der Waals surface area contributed by atoms with Gasteiger partial charge in [0.05, 0.1) is 6.61 Å². The van der Waals surface area contributed by atoms with Crippen LogP contribution in [0.25, 0.3) is 6.08 Å². The molecule has 2 aromatic rings. The molecule has 2 amide bonds. The van der Waals surface area contributed by atoms with Crippen molar-refractivity contribution in [3.63, 3.8) is 0 Å². The number of carbonyl (C=O) groups excluding carboxylic acids is 2. The number of benzene rings is 2. The van der Waals surface area contributed by atoms with E-state index < -0.39 is 24.5 Å². The lowest BCUT2D eigenvalue weighted by Crippen LogP contribution is -2.48. The Hall–Kier alpha value is -2.99. The van der Waals surface area contributed by atoms with Crippen LogP contribution in [-0.4, -0.2) is 29.6 Å². The highest BCUT2D eigenvalue weighted by Gasteiger charge is 2.18. The van der Waals surface area contributed by atoms with Gasteiger partial charge in [0.1, 0.15) is 11.9 Å². The van der Waals surface area contributed by atoms with Gasteiger partial charge in [-0.05, 0) is 29.3 Å². The van der Waals surface area contributed by atoms with Gasteiger partial charge in [-0.15, -0.1) is 0 Å². The zero-order valence-electron chi connectivity index (χ0n) is 13.5. The summed E-state index contributed by atoms with van der Waals surface area (Å²) in [6.07, 6.45) is 2.91. The van der Waals surface area contributed by atoms with E-state index in [2.05, 4.69) is 10.6 Å². The lowest BCUT2D eigenvalue weighted by Gasteiger charge is -2.15. The van der Waals surface area contributed by atoms with Crippen molar-refractivity contribution >= 4 is 17.9 Å². The van der Waals surface area contributed by atoms with Gasteiger partial charge in [-0.25, -0.2) is 4.39 Å². The van der Waals surface area contributed by atoms with E-state index in [1.54, 1.807) is 18.2 Å². The molecule has 25 heavy (non-hydrogen) atoms. The van der Waals surface area contributed by atoms with Gasteiger partial charge < -0.3 is 15.7 Å². The van der Waals surface area contributed by atoms with E-state index in [1.165, 1.54) is 18.2 Å². The van der Waals surface area contributed by atoms with E-state index in [0.717, 1.165) is 5.56 Å². The van der Waals surface area contributed by atoms with Crippen LogP contribution in [0.3, 0.4) is 0 Å². The molecule has 0 saturated heterocycles. The number of carbonyl (C=O) groups is 2. The van der Waals surface area contributed by atoms with Gasteiger partial charge in [0, 0.05) is 12.6 Å². The second-order valence-electron chi connectivity index (χ2n) is 5.33. The molecule has 0 aliphatic heterocycles. The Balaban J connectivity index is 1.85. The fourth-order valence-electron chi connectivity index (χ4n) is 2.06. The first kappa shape index (κ1) is 18.4. The quantitative estimate of drug-likeness (QED) is 0.669. The van der Waals surface area contributed by atoms with Crippen LogP contribution in [-0.2, 0) is 16.1 Å². The number of aliphatic hydroxyl groups is 1. The van der Waals surface area contributed by atoms with Crippen molar-refractivity contribution in [3.05, 3.63) is 77.6 Å². The summed E-state index contributed by atoms with van der Waals surface area (Å²) in [5, 5.41) is 14.3. The molecular weight excluding hydrogens is 323 g/mol. The molecule has 2 aromatic carbocycles. The number of nitrogens with one attached hydrogen (secondary N) is 2. The number of hydrogen-bond donors (Lipinski definition) is 3. The van der Waals surface area contributed by atoms with Gasteiger partial charge in [0.15, 0.2) is 0 Å². The molecule has 2 rings (SSSR count). The Morgan fingerprint density at radius 2 is 1.76 bits per heavy atom. The molecule has 0 spiro atoms. The topological polar surface area (TPSA) is 78.4 Å². The first-order valence-corrected chi connectivity index (χ1v) is 7.75. The summed E-state index contributed by atoms with van der Waals surface area (Å²) in [7, 11) is 0. The van der Waals surface area contributed by atoms with E-state index in [0.29, 0.717) is 5.56 Å². The molecule has 6 heteroatoms. The molecule has 130 valence electrons. The lowest BCUT2D eigenvalue weighted by atomic mass is 10.2. The number of halogens is 1. The molecule has 0 aliphatic rings. The van der Waals surface area contributed by atoms with Gasteiger partial charge in [-0.1, -0.05) is 42.5 Å². The fraction of sp³-hybridized carbons (Fsp3) is 0.158. The van der Waals surface area contributed by atoms with Gasteiger partial charge in [-0.2, -0.15) is 0 Å². The lowest BCUT2D eigenvalue weighted by molar-refractivity contribution is -0.128. The van der Waals surface area contributed by atoms with E-state index in [4.69, 9.17) is 0 Å². The summed E-state index contributed by atoms with van der Waals surface area (Å²) < 4.78 is 12.8. The molecule has 0 bridgehead atoms. The van der Waals surface area contributed by atoms with Crippen molar-refractivity contribution in [3.8, 4) is 0 Å². The number of amides is 2. The third-order valence-corrected chi connectivity index (χ3v) is 3.42. The second-order valence-corrected chi connectivity index (χ2v) is 5.33. The van der Waals surface area contributed by atoms with Crippen LogP contribution in [0.4, 0.5) is 4.39 Å². The Bertz CT molecular complexity index is 730. The molecule has 0 heterocycles. The molecular formula is C19H19FN2O3. The molecule has 0 aliphatic carbocycles. The van der Waals surface area contributed by atoms with Gasteiger partial charge in [0.25, 0.3) is 0 Å². The Kier molecular flexibility index (Phi) is 6.86. The molecule has 0 saturated carbocycles. The highest BCUT2D eigenvalue weighted by Crippen LogP contribution is 2.03. The average Bonchev–Trinajstić information content (AvgIpc) is 2.64. The first-order valence-electron chi connectivity index (χ1n) is 7.75. The van der Waals surface area contributed by atoms with Crippen molar-refractivity contribution in [1.29, 1.82) is 0 Å². The number of hydrogen-bond acceptors (Lipinski definition) is 3. The van der Waals surface area contributed by atoms with Gasteiger partial charge in [-0.3, -0.25) is 9.59 Å². The third kappa shape index (κ3) is 6.19. The van der Waals surface area contributed by atoms with E-state index in [-0.39, 0.29) is 12.4 Å². The largest absolute Gasteiger partial charge is 0.394 e. The zero-order valence-corrected chi connectivity index (χ0v) is 13.5.